The maximum absolute atomic E-state index is 12.1. The van der Waals surface area contributed by atoms with Crippen LogP contribution in [0.15, 0.2) is 18.2 Å². The van der Waals surface area contributed by atoms with Crippen molar-refractivity contribution in [2.45, 2.75) is 18.8 Å². The van der Waals surface area contributed by atoms with Gasteiger partial charge in [0.1, 0.15) is 11.5 Å². The fourth-order valence-corrected chi connectivity index (χ4v) is 1.57. The number of esters is 1. The average molecular weight is 359 g/mol. The Kier molecular flexibility index (Phi) is 6.04. The molecule has 0 unspecified atom stereocenters. The third kappa shape index (κ3) is 5.63. The molecule has 134 valence electrons. The molecule has 11 heteroatoms. The highest BCUT2D eigenvalue weighted by atomic mass is 19.4. The Morgan fingerprint density at radius 3 is 2.21 bits per heavy atom. The van der Waals surface area contributed by atoms with Crippen LogP contribution in [0.3, 0.4) is 0 Å². The predicted molar refractivity (Wildman–Crippen MR) is 67.5 cm³/mol. The number of benzene rings is 1. The smallest absolute Gasteiger partial charge is 0.491 e. The molecule has 5 nitrogen and oxygen atoms in total. The summed E-state index contributed by atoms with van der Waals surface area (Å²) in [5.74, 6) is -4.99. The Labute approximate surface area is 131 Å². The van der Waals surface area contributed by atoms with Crippen molar-refractivity contribution >= 4 is 11.9 Å². The van der Waals surface area contributed by atoms with E-state index in [0.717, 1.165) is 12.1 Å². The number of amides is 1. The zero-order valence-electron chi connectivity index (χ0n) is 12.0. The molecule has 0 saturated carbocycles. The Balaban J connectivity index is 2.74. The summed E-state index contributed by atoms with van der Waals surface area (Å²) in [6, 6.07) is 3.20. The van der Waals surface area contributed by atoms with Gasteiger partial charge in [-0.05, 0) is 18.1 Å². The lowest BCUT2D eigenvalue weighted by atomic mass is 10.1. The topological polar surface area (TPSA) is 64.6 Å². The van der Waals surface area contributed by atoms with Gasteiger partial charge in [-0.1, -0.05) is 6.07 Å². The SMILES string of the molecule is COc1cc(OC(=O)C(F)(F)F)ccc1CCNC(=O)C(F)(F)F. The maximum Gasteiger partial charge on any atom is 0.491 e. The fourth-order valence-electron chi connectivity index (χ4n) is 1.57. The monoisotopic (exact) mass is 359 g/mol. The summed E-state index contributed by atoms with van der Waals surface area (Å²) >= 11 is 0. The summed E-state index contributed by atoms with van der Waals surface area (Å²) in [5.41, 5.74) is 0.298. The minimum absolute atomic E-state index is 0.0104. The van der Waals surface area contributed by atoms with Gasteiger partial charge < -0.3 is 14.8 Å². The fraction of sp³-hybridized carbons (Fsp3) is 0.385. The Bertz CT molecular complexity index is 611. The van der Waals surface area contributed by atoms with Crippen LogP contribution in [0.4, 0.5) is 26.3 Å². The van der Waals surface area contributed by atoms with Gasteiger partial charge in [-0.15, -0.1) is 0 Å². The second kappa shape index (κ2) is 7.41. The van der Waals surface area contributed by atoms with E-state index in [2.05, 4.69) is 4.74 Å². The van der Waals surface area contributed by atoms with E-state index in [9.17, 15) is 35.9 Å². The van der Waals surface area contributed by atoms with Gasteiger partial charge in [0.15, 0.2) is 0 Å². The summed E-state index contributed by atoms with van der Waals surface area (Å²) in [5, 5.41) is 1.64. The van der Waals surface area contributed by atoms with Crippen LogP contribution in [-0.2, 0) is 16.0 Å². The number of nitrogens with one attached hydrogen (secondary N) is 1. The molecule has 0 radical (unpaired) electrons. The molecular weight excluding hydrogens is 348 g/mol. The van der Waals surface area contributed by atoms with Crippen LogP contribution in [0.5, 0.6) is 11.5 Å². The number of halogens is 6. The van der Waals surface area contributed by atoms with Crippen molar-refractivity contribution in [2.24, 2.45) is 0 Å². The molecule has 0 bridgehead atoms. The van der Waals surface area contributed by atoms with Gasteiger partial charge in [0.05, 0.1) is 7.11 Å². The van der Waals surface area contributed by atoms with E-state index >= 15 is 0 Å². The number of methoxy groups -OCH3 is 1. The number of alkyl halides is 6. The van der Waals surface area contributed by atoms with Crippen molar-refractivity contribution in [1.82, 2.24) is 5.32 Å². The molecule has 1 aromatic rings. The lowest BCUT2D eigenvalue weighted by molar-refractivity contribution is -0.189. The Morgan fingerprint density at radius 1 is 1.08 bits per heavy atom. The number of carbonyl (C=O) groups is 2. The Morgan fingerprint density at radius 2 is 1.71 bits per heavy atom. The van der Waals surface area contributed by atoms with Crippen molar-refractivity contribution in [3.05, 3.63) is 23.8 Å². The standard InChI is InChI=1S/C13H11F6NO4/c1-23-9-6-8(24-11(22)13(17,18)19)3-2-7(9)4-5-20-10(21)12(14,15)16/h2-3,6H,4-5H2,1H3,(H,20,21). The van der Waals surface area contributed by atoms with Crippen LogP contribution >= 0.6 is 0 Å². The normalized spacial score (nSPS) is 11.8. The summed E-state index contributed by atoms with van der Waals surface area (Å²) in [7, 11) is 1.17. The molecule has 0 aliphatic heterocycles. The quantitative estimate of drug-likeness (QED) is 0.498. The lowest BCUT2D eigenvalue weighted by Crippen LogP contribution is -2.37. The third-order valence-electron chi connectivity index (χ3n) is 2.64. The van der Waals surface area contributed by atoms with Crippen LogP contribution in [0.1, 0.15) is 5.56 Å². The first kappa shape index (κ1) is 19.6. The number of carbonyl (C=O) groups excluding carboxylic acids is 2. The molecule has 0 fully saturated rings. The van der Waals surface area contributed by atoms with Crippen molar-refractivity contribution in [1.29, 1.82) is 0 Å². The highest BCUT2D eigenvalue weighted by Gasteiger charge is 2.41. The van der Waals surface area contributed by atoms with E-state index in [-0.39, 0.29) is 18.7 Å². The first-order valence-corrected chi connectivity index (χ1v) is 6.26. The van der Waals surface area contributed by atoms with E-state index in [1.165, 1.54) is 13.2 Å². The minimum atomic E-state index is -5.17. The molecule has 0 aliphatic carbocycles. The molecule has 1 aromatic carbocycles. The van der Waals surface area contributed by atoms with Crippen molar-refractivity contribution in [3.8, 4) is 11.5 Å². The molecule has 24 heavy (non-hydrogen) atoms. The highest BCUT2D eigenvalue weighted by Crippen LogP contribution is 2.27. The van der Waals surface area contributed by atoms with Crippen molar-refractivity contribution in [2.75, 3.05) is 13.7 Å². The first-order chi connectivity index (χ1) is 10.9. The second-order valence-electron chi connectivity index (χ2n) is 4.36. The molecule has 0 spiro atoms. The number of hydrogen-bond acceptors (Lipinski definition) is 4. The van der Waals surface area contributed by atoms with E-state index in [1.54, 1.807) is 5.32 Å². The van der Waals surface area contributed by atoms with Gasteiger partial charge in [0.2, 0.25) is 0 Å². The molecule has 0 saturated heterocycles. The van der Waals surface area contributed by atoms with Crippen LogP contribution < -0.4 is 14.8 Å². The van der Waals surface area contributed by atoms with Crippen LogP contribution in [0.2, 0.25) is 0 Å². The second-order valence-corrected chi connectivity index (χ2v) is 4.36. The van der Waals surface area contributed by atoms with E-state index < -0.39 is 30.0 Å². The molecule has 1 rings (SSSR count). The molecule has 1 N–H and O–H groups in total. The van der Waals surface area contributed by atoms with Gasteiger partial charge in [-0.2, -0.15) is 26.3 Å². The first-order valence-electron chi connectivity index (χ1n) is 6.26. The maximum atomic E-state index is 12.1. The summed E-state index contributed by atoms with van der Waals surface area (Å²) in [6.45, 7) is -0.379. The third-order valence-corrected chi connectivity index (χ3v) is 2.64. The summed E-state index contributed by atoms with van der Waals surface area (Å²) in [6.07, 6.45) is -10.3. The summed E-state index contributed by atoms with van der Waals surface area (Å²) < 4.78 is 81.3. The van der Waals surface area contributed by atoms with E-state index in [1.807, 2.05) is 0 Å². The van der Waals surface area contributed by atoms with E-state index in [0.29, 0.717) is 5.56 Å². The molecule has 1 amide bonds. The highest BCUT2D eigenvalue weighted by molar-refractivity contribution is 5.81. The van der Waals surface area contributed by atoms with Gasteiger partial charge in [-0.3, -0.25) is 4.79 Å². The Hall–Kier alpha value is -2.46. The van der Waals surface area contributed by atoms with Crippen LogP contribution in [0.25, 0.3) is 0 Å². The number of hydrogen-bond donors (Lipinski definition) is 1. The van der Waals surface area contributed by atoms with Crippen LogP contribution in [-0.4, -0.2) is 37.9 Å². The van der Waals surface area contributed by atoms with Gasteiger partial charge in [-0.25, -0.2) is 4.79 Å². The van der Waals surface area contributed by atoms with Crippen molar-refractivity contribution in [3.63, 3.8) is 0 Å². The van der Waals surface area contributed by atoms with Gasteiger partial charge >= 0.3 is 24.2 Å². The predicted octanol–water partition coefficient (Wildman–Crippen LogP) is 2.38. The van der Waals surface area contributed by atoms with E-state index in [4.69, 9.17) is 4.74 Å². The zero-order chi connectivity index (χ0) is 18.5. The van der Waals surface area contributed by atoms with Gasteiger partial charge in [0.25, 0.3) is 0 Å². The van der Waals surface area contributed by atoms with Crippen LogP contribution in [0, 0.1) is 0 Å². The molecule has 0 aromatic heterocycles. The largest absolute Gasteiger partial charge is 0.496 e. The molecule has 0 heterocycles. The summed E-state index contributed by atoms with van der Waals surface area (Å²) in [4.78, 5) is 21.4. The molecule has 0 aliphatic rings. The zero-order valence-corrected chi connectivity index (χ0v) is 12.0. The van der Waals surface area contributed by atoms with Gasteiger partial charge in [0, 0.05) is 12.6 Å². The number of rotatable bonds is 5. The molecule has 0 atom stereocenters. The lowest BCUT2D eigenvalue weighted by Gasteiger charge is -2.12. The molecular formula is C13H11F6NO4. The van der Waals surface area contributed by atoms with Crippen molar-refractivity contribution < 1.29 is 45.4 Å². The average Bonchev–Trinajstić information content (AvgIpc) is 2.46. The minimum Gasteiger partial charge on any atom is -0.496 e. The number of ether oxygens (including phenoxy) is 2.